The first-order valence-electron chi connectivity index (χ1n) is 9.91. The fourth-order valence-corrected chi connectivity index (χ4v) is 2.96. The minimum Gasteiger partial charge on any atom is -0.396 e. The molecular formula is C20H29ClF2N6O2. The molecule has 4 heterocycles. The molecule has 0 spiro atoms. The molecule has 2 aromatic rings. The fourth-order valence-electron chi connectivity index (χ4n) is 2.79. The van der Waals surface area contributed by atoms with E-state index in [0.717, 1.165) is 38.7 Å². The van der Waals surface area contributed by atoms with E-state index in [1.807, 2.05) is 6.92 Å². The Hall–Kier alpha value is -2.27. The van der Waals surface area contributed by atoms with Gasteiger partial charge in [0, 0.05) is 31.3 Å². The summed E-state index contributed by atoms with van der Waals surface area (Å²) in [5.41, 5.74) is 10.8. The van der Waals surface area contributed by atoms with Gasteiger partial charge in [0.2, 0.25) is 0 Å². The molecule has 5 N–H and O–H groups in total. The van der Waals surface area contributed by atoms with Crippen LogP contribution in [0.4, 0.5) is 26.0 Å². The highest BCUT2D eigenvalue weighted by Crippen LogP contribution is 2.20. The van der Waals surface area contributed by atoms with E-state index in [2.05, 4.69) is 27.1 Å². The number of aromatic nitrogens is 2. The second-order valence-corrected chi connectivity index (χ2v) is 7.53. The Morgan fingerprint density at radius 1 is 1.03 bits per heavy atom. The predicted molar refractivity (Wildman–Crippen MR) is 118 cm³/mol. The van der Waals surface area contributed by atoms with E-state index in [1.165, 1.54) is 6.07 Å². The molecule has 0 aromatic carbocycles. The van der Waals surface area contributed by atoms with Crippen molar-refractivity contribution in [3.05, 3.63) is 41.3 Å². The van der Waals surface area contributed by atoms with Gasteiger partial charge in [-0.05, 0) is 13.8 Å². The van der Waals surface area contributed by atoms with Gasteiger partial charge in [0.1, 0.15) is 11.0 Å². The van der Waals surface area contributed by atoms with Crippen LogP contribution in [0.15, 0.2) is 24.5 Å². The molecule has 11 heteroatoms. The van der Waals surface area contributed by atoms with Crippen molar-refractivity contribution >= 4 is 28.8 Å². The zero-order chi connectivity index (χ0) is 22.8. The summed E-state index contributed by atoms with van der Waals surface area (Å²) in [5.74, 6) is -0.302. The second kappa shape index (κ2) is 12.6. The molecule has 0 amide bonds. The van der Waals surface area contributed by atoms with Gasteiger partial charge in [-0.25, -0.2) is 18.7 Å². The first kappa shape index (κ1) is 25.0. The van der Waals surface area contributed by atoms with E-state index in [0.29, 0.717) is 25.1 Å². The van der Waals surface area contributed by atoms with Crippen LogP contribution in [-0.4, -0.2) is 61.6 Å². The van der Waals surface area contributed by atoms with Crippen molar-refractivity contribution < 1.29 is 18.3 Å². The third-order valence-electron chi connectivity index (χ3n) is 4.49. The van der Waals surface area contributed by atoms with E-state index in [-0.39, 0.29) is 22.6 Å². The molecule has 0 bridgehead atoms. The van der Waals surface area contributed by atoms with Crippen LogP contribution in [0.1, 0.15) is 13.8 Å². The molecule has 8 nitrogen and oxygen atoms in total. The van der Waals surface area contributed by atoms with Gasteiger partial charge >= 0.3 is 0 Å². The summed E-state index contributed by atoms with van der Waals surface area (Å²) in [6, 6.07) is 3.64. The summed E-state index contributed by atoms with van der Waals surface area (Å²) in [4.78, 5) is 9.55. The van der Waals surface area contributed by atoms with E-state index in [4.69, 9.17) is 32.5 Å². The van der Waals surface area contributed by atoms with Crippen molar-refractivity contribution in [2.45, 2.75) is 25.9 Å². The molecule has 0 radical (unpaired) electrons. The lowest BCUT2D eigenvalue weighted by Gasteiger charge is -2.34. The maximum atomic E-state index is 12.9. The average Bonchev–Trinajstić information content (AvgIpc) is 2.75. The number of nitrogens with zero attached hydrogens (tertiary/aromatic N) is 3. The number of anilines is 3. The highest BCUT2D eigenvalue weighted by atomic mass is 35.5. The first-order chi connectivity index (χ1) is 14.8. The molecule has 31 heavy (non-hydrogen) atoms. The molecule has 2 atom stereocenters. The minimum absolute atomic E-state index is 0.0231. The molecule has 4 rings (SSSR count). The lowest BCUT2D eigenvalue weighted by atomic mass is 10.2. The van der Waals surface area contributed by atoms with E-state index in [1.54, 1.807) is 6.07 Å². The molecule has 2 fully saturated rings. The van der Waals surface area contributed by atoms with Crippen LogP contribution in [0.3, 0.4) is 0 Å². The molecular weight excluding hydrogens is 430 g/mol. The molecule has 0 aliphatic carbocycles. The Labute approximate surface area is 185 Å². The zero-order valence-electron chi connectivity index (χ0n) is 17.7. The fraction of sp³-hybridized carbons (Fsp3) is 0.500. The lowest BCUT2D eigenvalue weighted by Crippen LogP contribution is -2.44. The van der Waals surface area contributed by atoms with Crippen molar-refractivity contribution in [2.75, 3.05) is 55.9 Å². The predicted octanol–water partition coefficient (Wildman–Crippen LogP) is 2.48. The monoisotopic (exact) mass is 458 g/mol. The van der Waals surface area contributed by atoms with Crippen molar-refractivity contribution in [2.24, 2.45) is 0 Å². The standard InChI is InChI=1S/C10H14FN3O.C5H4ClFN2.C5H11NO/c1-7-6-15-3-2-14(7)10-4-9(12)8(11)5-13-10;6-5-1-4(8)3(7)2-9-5;1-5-4-7-3-2-6-5/h4-5,7H,2-3,6H2,1H3,(H2,12,13);1-2H,(H2,8,9);5-6H,2-4H2,1H3/t7-;;5-/m0.0/s1. The van der Waals surface area contributed by atoms with Crippen molar-refractivity contribution in [1.29, 1.82) is 0 Å². The third-order valence-corrected chi connectivity index (χ3v) is 4.70. The van der Waals surface area contributed by atoms with Gasteiger partial charge in [0.25, 0.3) is 0 Å². The third kappa shape index (κ3) is 8.41. The number of halogens is 3. The van der Waals surface area contributed by atoms with Crippen LogP contribution in [0.2, 0.25) is 5.15 Å². The van der Waals surface area contributed by atoms with Gasteiger partial charge in [-0.1, -0.05) is 11.6 Å². The number of morpholine rings is 2. The maximum Gasteiger partial charge on any atom is 0.164 e. The second-order valence-electron chi connectivity index (χ2n) is 7.14. The highest BCUT2D eigenvalue weighted by Gasteiger charge is 2.20. The molecule has 2 aliphatic heterocycles. The summed E-state index contributed by atoms with van der Waals surface area (Å²) in [6.07, 6.45) is 2.14. The first-order valence-corrected chi connectivity index (χ1v) is 10.3. The lowest BCUT2D eigenvalue weighted by molar-refractivity contribution is 0.0824. The number of nitrogen functional groups attached to an aromatic ring is 2. The summed E-state index contributed by atoms with van der Waals surface area (Å²) in [7, 11) is 0. The normalized spacial score (nSPS) is 20.7. The van der Waals surface area contributed by atoms with E-state index < -0.39 is 11.6 Å². The Kier molecular flexibility index (Phi) is 10.1. The SMILES string of the molecule is C[C@H]1COCCN1.C[C@H]1COCCN1c1cc(N)c(F)cn1.Nc1cc(Cl)ncc1F. The molecule has 0 saturated carbocycles. The largest absolute Gasteiger partial charge is 0.396 e. The van der Waals surface area contributed by atoms with E-state index >= 15 is 0 Å². The quantitative estimate of drug-likeness (QED) is 0.559. The number of hydrogen-bond acceptors (Lipinski definition) is 8. The van der Waals surface area contributed by atoms with Gasteiger partial charge in [0.05, 0.1) is 56.2 Å². The van der Waals surface area contributed by atoms with Crippen LogP contribution in [0.25, 0.3) is 0 Å². The van der Waals surface area contributed by atoms with Crippen LogP contribution in [0.5, 0.6) is 0 Å². The van der Waals surface area contributed by atoms with Crippen LogP contribution in [-0.2, 0) is 9.47 Å². The summed E-state index contributed by atoms with van der Waals surface area (Å²) >= 11 is 5.36. The molecule has 0 unspecified atom stereocenters. The van der Waals surface area contributed by atoms with Crippen molar-refractivity contribution in [3.8, 4) is 0 Å². The Morgan fingerprint density at radius 2 is 1.68 bits per heavy atom. The smallest absolute Gasteiger partial charge is 0.164 e. The highest BCUT2D eigenvalue weighted by molar-refractivity contribution is 6.29. The van der Waals surface area contributed by atoms with E-state index in [9.17, 15) is 8.78 Å². The van der Waals surface area contributed by atoms with Crippen LogP contribution in [0, 0.1) is 11.6 Å². The minimum atomic E-state index is -0.542. The molecule has 172 valence electrons. The van der Waals surface area contributed by atoms with Crippen LogP contribution >= 0.6 is 11.6 Å². The van der Waals surface area contributed by atoms with Gasteiger partial charge in [-0.2, -0.15) is 0 Å². The number of rotatable bonds is 1. The Balaban J connectivity index is 0.000000181. The van der Waals surface area contributed by atoms with Gasteiger partial charge in [-0.3, -0.25) is 0 Å². The van der Waals surface area contributed by atoms with Crippen molar-refractivity contribution in [3.63, 3.8) is 0 Å². The average molecular weight is 459 g/mol. The van der Waals surface area contributed by atoms with Gasteiger partial charge in [0.15, 0.2) is 11.6 Å². The zero-order valence-corrected chi connectivity index (χ0v) is 18.4. The van der Waals surface area contributed by atoms with Crippen LogP contribution < -0.4 is 21.7 Å². The summed E-state index contributed by atoms with van der Waals surface area (Å²) < 4.78 is 35.6. The summed E-state index contributed by atoms with van der Waals surface area (Å²) in [5, 5.41) is 3.46. The van der Waals surface area contributed by atoms with Crippen molar-refractivity contribution in [1.82, 2.24) is 15.3 Å². The Bertz CT molecular complexity index is 826. The molecule has 2 saturated heterocycles. The summed E-state index contributed by atoms with van der Waals surface area (Å²) in [6.45, 7) is 9.03. The number of nitrogens with two attached hydrogens (primary N) is 2. The van der Waals surface area contributed by atoms with Gasteiger partial charge < -0.3 is 31.2 Å². The molecule has 2 aromatic heterocycles. The number of nitrogens with one attached hydrogen (secondary N) is 1. The maximum absolute atomic E-state index is 12.9. The molecule has 2 aliphatic rings. The number of hydrogen-bond donors (Lipinski definition) is 3. The topological polar surface area (TPSA) is 112 Å². The Morgan fingerprint density at radius 3 is 2.16 bits per heavy atom. The number of ether oxygens (including phenoxy) is 2. The number of pyridine rings is 2. The van der Waals surface area contributed by atoms with Gasteiger partial charge in [-0.15, -0.1) is 0 Å².